The van der Waals surface area contributed by atoms with E-state index in [0.29, 0.717) is 39.0 Å². The summed E-state index contributed by atoms with van der Waals surface area (Å²) in [6.45, 7) is 9.53. The van der Waals surface area contributed by atoms with Gasteiger partial charge in [0, 0.05) is 28.0 Å². The lowest BCUT2D eigenvalue weighted by Crippen LogP contribution is -2.46. The van der Waals surface area contributed by atoms with E-state index in [4.69, 9.17) is 21.1 Å². The van der Waals surface area contributed by atoms with Gasteiger partial charge in [0.05, 0.1) is 18.7 Å². The highest BCUT2D eigenvalue weighted by atomic mass is 35.5. The molecule has 32 heavy (non-hydrogen) atoms. The molecule has 0 bridgehead atoms. The van der Waals surface area contributed by atoms with Gasteiger partial charge in [-0.05, 0) is 50.1 Å². The minimum Gasteiger partial charge on any atom is -0.493 e. The quantitative estimate of drug-likeness (QED) is 0.523. The molecule has 0 spiro atoms. The lowest BCUT2D eigenvalue weighted by Gasteiger charge is -2.30. The molecule has 0 fully saturated rings. The van der Waals surface area contributed by atoms with Crippen LogP contribution in [-0.4, -0.2) is 25.7 Å². The van der Waals surface area contributed by atoms with Crippen LogP contribution in [0.4, 0.5) is 10.5 Å². The van der Waals surface area contributed by atoms with Crippen LogP contribution in [0, 0.1) is 13.8 Å². The van der Waals surface area contributed by atoms with Gasteiger partial charge in [0.2, 0.25) is 0 Å². The summed E-state index contributed by atoms with van der Waals surface area (Å²) in [5, 5.41) is 8.77. The summed E-state index contributed by atoms with van der Waals surface area (Å²) in [4.78, 5) is 25.7. The summed E-state index contributed by atoms with van der Waals surface area (Å²) in [6, 6.07) is 7.67. The second-order valence-corrected chi connectivity index (χ2v) is 7.89. The summed E-state index contributed by atoms with van der Waals surface area (Å²) in [5.41, 5.74) is 4.08. The highest BCUT2D eigenvalue weighted by Gasteiger charge is 2.34. The maximum atomic E-state index is 13.3. The van der Waals surface area contributed by atoms with Gasteiger partial charge >= 0.3 is 6.03 Å². The molecule has 1 aliphatic rings. The van der Waals surface area contributed by atoms with Crippen LogP contribution in [-0.2, 0) is 4.79 Å². The van der Waals surface area contributed by atoms with E-state index in [0.717, 1.165) is 11.1 Å². The van der Waals surface area contributed by atoms with Gasteiger partial charge in [-0.15, -0.1) is 0 Å². The van der Waals surface area contributed by atoms with Crippen LogP contribution >= 0.6 is 11.6 Å². The van der Waals surface area contributed by atoms with Crippen molar-refractivity contribution in [1.29, 1.82) is 0 Å². The highest BCUT2D eigenvalue weighted by Crippen LogP contribution is 2.41. The third kappa shape index (κ3) is 4.89. The number of amides is 3. The number of methoxy groups -OCH3 is 1. The van der Waals surface area contributed by atoms with Crippen molar-refractivity contribution in [2.45, 2.75) is 26.8 Å². The van der Waals surface area contributed by atoms with E-state index in [-0.39, 0.29) is 12.5 Å². The molecule has 1 heterocycles. The molecule has 0 saturated carbocycles. The molecule has 8 heteroatoms. The topological polar surface area (TPSA) is 88.7 Å². The number of hydrogen-bond donors (Lipinski definition) is 3. The average Bonchev–Trinajstić information content (AvgIpc) is 2.74. The molecule has 7 nitrogen and oxygen atoms in total. The first kappa shape index (κ1) is 23.2. The van der Waals surface area contributed by atoms with E-state index >= 15 is 0 Å². The van der Waals surface area contributed by atoms with Crippen molar-refractivity contribution in [1.82, 2.24) is 10.6 Å². The number of rotatable bonds is 7. The zero-order valence-corrected chi connectivity index (χ0v) is 19.2. The van der Waals surface area contributed by atoms with Crippen LogP contribution in [0.25, 0.3) is 0 Å². The number of carbonyl (C=O) groups excluding carboxylic acids is 2. The van der Waals surface area contributed by atoms with Crippen molar-refractivity contribution >= 4 is 29.2 Å². The van der Waals surface area contributed by atoms with Crippen LogP contribution in [0.3, 0.4) is 0 Å². The van der Waals surface area contributed by atoms with Crippen LogP contribution in [0.5, 0.6) is 11.5 Å². The summed E-state index contributed by atoms with van der Waals surface area (Å²) < 4.78 is 11.3. The number of anilines is 1. The number of carbonyl (C=O) groups is 2. The third-order valence-corrected chi connectivity index (χ3v) is 5.42. The van der Waals surface area contributed by atoms with Crippen molar-refractivity contribution in [3.8, 4) is 11.5 Å². The smallest absolute Gasteiger partial charge is 0.319 e. The third-order valence-electron chi connectivity index (χ3n) is 5.20. The molecule has 0 aliphatic carbocycles. The Kier molecular flexibility index (Phi) is 7.10. The number of nitrogens with one attached hydrogen (secondary N) is 3. The molecule has 1 aliphatic heterocycles. The van der Waals surface area contributed by atoms with Crippen LogP contribution in [0.2, 0.25) is 5.02 Å². The Hall–Kier alpha value is -3.45. The van der Waals surface area contributed by atoms with Crippen molar-refractivity contribution < 1.29 is 19.1 Å². The van der Waals surface area contributed by atoms with Crippen molar-refractivity contribution in [2.24, 2.45) is 0 Å². The molecule has 0 unspecified atom stereocenters. The lowest BCUT2D eigenvalue weighted by atomic mass is 9.93. The number of benzene rings is 2. The molecular weight excluding hydrogens is 430 g/mol. The molecule has 0 radical (unpaired) electrons. The fourth-order valence-corrected chi connectivity index (χ4v) is 3.71. The first-order valence-electron chi connectivity index (χ1n) is 10.0. The first-order chi connectivity index (χ1) is 15.2. The van der Waals surface area contributed by atoms with E-state index in [2.05, 4.69) is 22.5 Å². The van der Waals surface area contributed by atoms with E-state index in [1.165, 1.54) is 7.11 Å². The van der Waals surface area contributed by atoms with E-state index in [9.17, 15) is 9.59 Å². The maximum absolute atomic E-state index is 13.3. The molecule has 2 aromatic rings. The predicted molar refractivity (Wildman–Crippen MR) is 125 cm³/mol. The summed E-state index contributed by atoms with van der Waals surface area (Å²) in [7, 11) is 1.49. The molecule has 2 aromatic carbocycles. The zero-order valence-electron chi connectivity index (χ0n) is 18.5. The van der Waals surface area contributed by atoms with Crippen molar-refractivity contribution in [3.05, 3.63) is 76.0 Å². The first-order valence-corrected chi connectivity index (χ1v) is 10.4. The standard InChI is InChI=1S/C24H26ClN3O4/c1-6-9-32-22-18(11-16(25)12-19(22)31-5)21-20(15(4)26-24(30)28-21)23(29)27-17-8-7-13(2)14(3)10-17/h6-8,10-12,21H,1,9H2,2-5H3,(H,27,29)(H2,26,28,30)/t21-/m1/s1. The van der Waals surface area contributed by atoms with E-state index < -0.39 is 12.1 Å². The van der Waals surface area contributed by atoms with Crippen LogP contribution < -0.4 is 25.4 Å². The lowest BCUT2D eigenvalue weighted by molar-refractivity contribution is -0.113. The fourth-order valence-electron chi connectivity index (χ4n) is 3.50. The van der Waals surface area contributed by atoms with Gasteiger partial charge in [-0.3, -0.25) is 4.79 Å². The SMILES string of the molecule is C=CCOc1c(OC)cc(Cl)cc1[C@H]1NC(=O)NC(C)=C1C(=O)Nc1ccc(C)c(C)c1. The van der Waals surface area contributed by atoms with E-state index in [1.807, 2.05) is 32.0 Å². The number of urea groups is 1. The number of hydrogen-bond acceptors (Lipinski definition) is 4. The zero-order chi connectivity index (χ0) is 23.4. The number of allylic oxidation sites excluding steroid dienone is 1. The fraction of sp³-hybridized carbons (Fsp3) is 0.250. The Morgan fingerprint density at radius 2 is 1.97 bits per heavy atom. The predicted octanol–water partition coefficient (Wildman–Crippen LogP) is 4.80. The van der Waals surface area contributed by atoms with Crippen LogP contribution in [0.15, 0.2) is 54.3 Å². The minimum absolute atomic E-state index is 0.205. The Bertz CT molecular complexity index is 1110. The number of ether oxygens (including phenoxy) is 2. The Morgan fingerprint density at radius 3 is 2.62 bits per heavy atom. The summed E-state index contributed by atoms with van der Waals surface area (Å²) in [5.74, 6) is 0.388. The van der Waals surface area contributed by atoms with Crippen molar-refractivity contribution in [3.63, 3.8) is 0 Å². The van der Waals surface area contributed by atoms with Crippen molar-refractivity contribution in [2.75, 3.05) is 19.0 Å². The van der Waals surface area contributed by atoms with Gasteiger partial charge in [-0.25, -0.2) is 4.79 Å². The molecule has 3 N–H and O–H groups in total. The van der Waals surface area contributed by atoms with Gasteiger partial charge in [0.15, 0.2) is 11.5 Å². The van der Waals surface area contributed by atoms with Gasteiger partial charge < -0.3 is 25.4 Å². The minimum atomic E-state index is -0.817. The van der Waals surface area contributed by atoms with Gasteiger partial charge in [0.25, 0.3) is 5.91 Å². The highest BCUT2D eigenvalue weighted by molar-refractivity contribution is 6.31. The van der Waals surface area contributed by atoms with Crippen LogP contribution in [0.1, 0.15) is 29.7 Å². The van der Waals surface area contributed by atoms with E-state index in [1.54, 1.807) is 25.1 Å². The molecule has 0 saturated heterocycles. The second kappa shape index (κ2) is 9.78. The summed E-state index contributed by atoms with van der Waals surface area (Å²) >= 11 is 6.32. The Morgan fingerprint density at radius 1 is 1.22 bits per heavy atom. The molecule has 1 atom stereocenters. The monoisotopic (exact) mass is 455 g/mol. The van der Waals surface area contributed by atoms with Gasteiger partial charge in [-0.1, -0.05) is 30.3 Å². The molecule has 3 amide bonds. The molecule has 3 rings (SSSR count). The average molecular weight is 456 g/mol. The Labute approximate surface area is 192 Å². The Balaban J connectivity index is 2.07. The second-order valence-electron chi connectivity index (χ2n) is 7.45. The maximum Gasteiger partial charge on any atom is 0.319 e. The van der Waals surface area contributed by atoms with Gasteiger partial charge in [0.1, 0.15) is 6.61 Å². The number of aryl methyl sites for hydroxylation is 2. The number of halogens is 1. The normalized spacial score (nSPS) is 15.5. The molecular formula is C24H26ClN3O4. The molecule has 168 valence electrons. The largest absolute Gasteiger partial charge is 0.493 e. The summed E-state index contributed by atoms with van der Waals surface area (Å²) in [6.07, 6.45) is 1.59. The van der Waals surface area contributed by atoms with Gasteiger partial charge in [-0.2, -0.15) is 0 Å². The molecule has 0 aromatic heterocycles.